The van der Waals surface area contributed by atoms with Gasteiger partial charge in [-0.3, -0.25) is 0 Å². The van der Waals surface area contributed by atoms with Gasteiger partial charge in [-0.25, -0.2) is 0 Å². The van der Waals surface area contributed by atoms with Crippen molar-refractivity contribution in [3.8, 4) is 0 Å². The van der Waals surface area contributed by atoms with Gasteiger partial charge in [0.1, 0.15) is 0 Å². The molecule has 1 rings (SSSR count). The van der Waals surface area contributed by atoms with E-state index in [9.17, 15) is 5.11 Å². The van der Waals surface area contributed by atoms with Crippen molar-refractivity contribution >= 4 is 0 Å². The van der Waals surface area contributed by atoms with Crippen molar-refractivity contribution in [2.75, 3.05) is 26.8 Å². The van der Waals surface area contributed by atoms with E-state index in [1.54, 1.807) is 7.11 Å². The zero-order valence-corrected chi connectivity index (χ0v) is 11.0. The van der Waals surface area contributed by atoms with Gasteiger partial charge in [-0.05, 0) is 31.4 Å². The molecule has 0 amide bonds. The highest BCUT2D eigenvalue weighted by atomic mass is 16.5. The molecule has 1 unspecified atom stereocenters. The normalized spacial score (nSPS) is 12.7. The molecule has 3 heteroatoms. The molecule has 2 N–H and O–H groups in total. The zero-order chi connectivity index (χ0) is 12.7. The number of nitrogens with one attached hydrogen (secondary N) is 1. The van der Waals surface area contributed by atoms with Gasteiger partial charge in [0, 0.05) is 20.2 Å². The lowest BCUT2D eigenvalue weighted by Gasteiger charge is -2.14. The predicted molar refractivity (Wildman–Crippen MR) is 70.4 cm³/mol. The Balaban J connectivity index is 2.39. The van der Waals surface area contributed by atoms with E-state index in [0.29, 0.717) is 19.6 Å². The minimum atomic E-state index is -0.340. The predicted octanol–water partition coefficient (Wildman–Crippen LogP) is 1.44. The van der Waals surface area contributed by atoms with E-state index in [2.05, 4.69) is 37.4 Å². The summed E-state index contributed by atoms with van der Waals surface area (Å²) in [6.07, 6.45) is 0.361. The summed E-state index contributed by atoms with van der Waals surface area (Å²) in [6.45, 7) is 6.22. The van der Waals surface area contributed by atoms with Crippen molar-refractivity contribution < 1.29 is 9.84 Å². The largest absolute Gasteiger partial charge is 0.391 e. The monoisotopic (exact) mass is 237 g/mol. The summed E-state index contributed by atoms with van der Waals surface area (Å²) in [7, 11) is 1.67. The van der Waals surface area contributed by atoms with Gasteiger partial charge in [-0.1, -0.05) is 23.8 Å². The molecule has 0 aromatic heterocycles. The fourth-order valence-corrected chi connectivity index (χ4v) is 1.79. The smallest absolute Gasteiger partial charge is 0.0704 e. The minimum absolute atomic E-state index is 0.340. The van der Waals surface area contributed by atoms with Gasteiger partial charge in [0.15, 0.2) is 0 Å². The van der Waals surface area contributed by atoms with E-state index in [4.69, 9.17) is 4.74 Å². The summed E-state index contributed by atoms with van der Waals surface area (Å²) in [4.78, 5) is 0. The molecule has 1 aromatic carbocycles. The van der Waals surface area contributed by atoms with Crippen molar-refractivity contribution in [3.63, 3.8) is 0 Å². The third-order valence-electron chi connectivity index (χ3n) is 2.82. The van der Waals surface area contributed by atoms with Gasteiger partial charge in [0.25, 0.3) is 0 Å². The molecule has 17 heavy (non-hydrogen) atoms. The third kappa shape index (κ3) is 5.31. The number of benzene rings is 1. The molecule has 0 aliphatic rings. The van der Waals surface area contributed by atoms with Crippen LogP contribution < -0.4 is 5.32 Å². The van der Waals surface area contributed by atoms with Crippen LogP contribution in [0.1, 0.15) is 16.7 Å². The molecule has 1 atom stereocenters. The topological polar surface area (TPSA) is 41.5 Å². The second-order valence-corrected chi connectivity index (χ2v) is 4.48. The highest BCUT2D eigenvalue weighted by molar-refractivity contribution is 5.30. The second-order valence-electron chi connectivity index (χ2n) is 4.48. The lowest BCUT2D eigenvalue weighted by molar-refractivity contribution is 0.160. The maximum Gasteiger partial charge on any atom is 0.0704 e. The van der Waals surface area contributed by atoms with Crippen LogP contribution in [0.25, 0.3) is 0 Å². The first-order valence-electron chi connectivity index (χ1n) is 6.07. The standard InChI is InChI=1S/C14H23NO2/c1-11-4-5-12(2)13(8-11)9-14(16)10-15-6-7-17-3/h4-5,8,14-16H,6-7,9-10H2,1-3H3. The van der Waals surface area contributed by atoms with E-state index < -0.39 is 0 Å². The SMILES string of the molecule is COCCNCC(O)Cc1cc(C)ccc1C. The minimum Gasteiger partial charge on any atom is -0.391 e. The average molecular weight is 237 g/mol. The number of rotatable bonds is 7. The Kier molecular flexibility index (Phi) is 6.19. The molecule has 0 heterocycles. The number of aliphatic hydroxyl groups is 1. The Morgan fingerprint density at radius 2 is 2.12 bits per heavy atom. The summed E-state index contributed by atoms with van der Waals surface area (Å²) in [5.74, 6) is 0. The van der Waals surface area contributed by atoms with Gasteiger partial charge in [0.2, 0.25) is 0 Å². The maximum absolute atomic E-state index is 9.91. The molecule has 0 saturated carbocycles. The van der Waals surface area contributed by atoms with Crippen LogP contribution in [0.2, 0.25) is 0 Å². The average Bonchev–Trinajstić information content (AvgIpc) is 2.29. The van der Waals surface area contributed by atoms with Crippen LogP contribution in [-0.4, -0.2) is 38.0 Å². The summed E-state index contributed by atoms with van der Waals surface area (Å²) in [5, 5.41) is 13.1. The molecule has 0 aliphatic carbocycles. The lowest BCUT2D eigenvalue weighted by Crippen LogP contribution is -2.30. The first-order valence-corrected chi connectivity index (χ1v) is 6.07. The Morgan fingerprint density at radius 1 is 1.35 bits per heavy atom. The van der Waals surface area contributed by atoms with Crippen molar-refractivity contribution in [1.82, 2.24) is 5.32 Å². The van der Waals surface area contributed by atoms with Crippen molar-refractivity contribution in [2.24, 2.45) is 0 Å². The Labute approximate surface area is 104 Å². The molecule has 3 nitrogen and oxygen atoms in total. The zero-order valence-electron chi connectivity index (χ0n) is 11.0. The molecule has 0 aliphatic heterocycles. The fraction of sp³-hybridized carbons (Fsp3) is 0.571. The molecule has 0 spiro atoms. The highest BCUT2D eigenvalue weighted by Crippen LogP contribution is 2.12. The van der Waals surface area contributed by atoms with Crippen LogP contribution in [0.5, 0.6) is 0 Å². The number of aliphatic hydroxyl groups excluding tert-OH is 1. The number of hydrogen-bond donors (Lipinski definition) is 2. The van der Waals surface area contributed by atoms with Crippen LogP contribution in [-0.2, 0) is 11.2 Å². The van der Waals surface area contributed by atoms with Gasteiger partial charge in [-0.2, -0.15) is 0 Å². The van der Waals surface area contributed by atoms with E-state index in [1.165, 1.54) is 16.7 Å². The van der Waals surface area contributed by atoms with Crippen LogP contribution in [0.4, 0.5) is 0 Å². The van der Waals surface area contributed by atoms with E-state index in [1.807, 2.05) is 0 Å². The molecular weight excluding hydrogens is 214 g/mol. The Hall–Kier alpha value is -0.900. The Bertz CT molecular complexity index is 339. The van der Waals surface area contributed by atoms with Gasteiger partial charge < -0.3 is 15.2 Å². The van der Waals surface area contributed by atoms with Crippen LogP contribution in [0, 0.1) is 13.8 Å². The fourth-order valence-electron chi connectivity index (χ4n) is 1.79. The molecule has 0 saturated heterocycles. The summed E-state index contributed by atoms with van der Waals surface area (Å²) < 4.78 is 4.93. The van der Waals surface area contributed by atoms with E-state index in [-0.39, 0.29) is 6.10 Å². The van der Waals surface area contributed by atoms with Crippen molar-refractivity contribution in [3.05, 3.63) is 34.9 Å². The summed E-state index contributed by atoms with van der Waals surface area (Å²) in [5.41, 5.74) is 3.71. The molecule has 0 radical (unpaired) electrons. The molecule has 0 bridgehead atoms. The van der Waals surface area contributed by atoms with E-state index in [0.717, 1.165) is 6.54 Å². The van der Waals surface area contributed by atoms with Crippen molar-refractivity contribution in [2.45, 2.75) is 26.4 Å². The molecule has 0 fully saturated rings. The molecule has 96 valence electrons. The Morgan fingerprint density at radius 3 is 2.82 bits per heavy atom. The number of methoxy groups -OCH3 is 1. The maximum atomic E-state index is 9.91. The van der Waals surface area contributed by atoms with Gasteiger partial charge in [0.05, 0.1) is 12.7 Å². The number of ether oxygens (including phenoxy) is 1. The summed E-state index contributed by atoms with van der Waals surface area (Å²) >= 11 is 0. The van der Waals surface area contributed by atoms with Gasteiger partial charge >= 0.3 is 0 Å². The number of aryl methyl sites for hydroxylation is 2. The van der Waals surface area contributed by atoms with E-state index >= 15 is 0 Å². The molecular formula is C14H23NO2. The first-order chi connectivity index (χ1) is 8.13. The van der Waals surface area contributed by atoms with Crippen molar-refractivity contribution in [1.29, 1.82) is 0 Å². The summed E-state index contributed by atoms with van der Waals surface area (Å²) in [6, 6.07) is 6.35. The van der Waals surface area contributed by atoms with Crippen LogP contribution >= 0.6 is 0 Å². The lowest BCUT2D eigenvalue weighted by atomic mass is 10.0. The first kappa shape index (κ1) is 14.2. The highest BCUT2D eigenvalue weighted by Gasteiger charge is 2.07. The molecule has 1 aromatic rings. The van der Waals surface area contributed by atoms with Crippen LogP contribution in [0.15, 0.2) is 18.2 Å². The van der Waals surface area contributed by atoms with Crippen LogP contribution in [0.3, 0.4) is 0 Å². The number of hydrogen-bond acceptors (Lipinski definition) is 3. The third-order valence-corrected chi connectivity index (χ3v) is 2.82. The van der Waals surface area contributed by atoms with Gasteiger partial charge in [-0.15, -0.1) is 0 Å². The second kappa shape index (κ2) is 7.43. The quantitative estimate of drug-likeness (QED) is 0.705.